The van der Waals surface area contributed by atoms with E-state index >= 15 is 0 Å². The Kier molecular flexibility index (Phi) is 4.61. The number of carbonyl (C=O) groups is 1. The number of aryl methyl sites for hydroxylation is 2. The number of nitrogens with zero attached hydrogens (tertiary/aromatic N) is 1. The van der Waals surface area contributed by atoms with Crippen LogP contribution in [0.2, 0.25) is 0 Å². The number of carbonyl (C=O) groups excluding carboxylic acids is 1. The molecule has 0 atom stereocenters. The number of hydrogen-bond acceptors (Lipinski definition) is 3. The van der Waals surface area contributed by atoms with Crippen molar-refractivity contribution in [3.63, 3.8) is 0 Å². The molecule has 5 nitrogen and oxygen atoms in total. The Morgan fingerprint density at radius 2 is 1.96 bits per heavy atom. The summed E-state index contributed by atoms with van der Waals surface area (Å²) in [6.07, 6.45) is 3.47. The molecule has 0 fully saturated rings. The predicted molar refractivity (Wildman–Crippen MR) is 95.4 cm³/mol. The molecule has 0 saturated carbocycles. The number of fused-ring (bicyclic) bond motifs is 1. The fourth-order valence-electron chi connectivity index (χ4n) is 2.57. The maximum atomic E-state index is 11.8. The normalized spacial score (nSPS) is 11.1. The first-order valence-electron chi connectivity index (χ1n) is 7.71. The van der Waals surface area contributed by atoms with E-state index in [1.165, 1.54) is 0 Å². The topological polar surface area (TPSA) is 66.5 Å². The van der Waals surface area contributed by atoms with Crippen molar-refractivity contribution in [2.24, 2.45) is 5.10 Å². The van der Waals surface area contributed by atoms with Crippen molar-refractivity contribution in [2.45, 2.75) is 13.8 Å². The Hall–Kier alpha value is -3.08. The van der Waals surface area contributed by atoms with Crippen molar-refractivity contribution in [3.8, 4) is 5.75 Å². The van der Waals surface area contributed by atoms with Gasteiger partial charge >= 0.3 is 0 Å². The lowest BCUT2D eigenvalue weighted by Crippen LogP contribution is -2.24. The van der Waals surface area contributed by atoms with Crippen molar-refractivity contribution in [2.75, 3.05) is 6.61 Å². The van der Waals surface area contributed by atoms with Crippen molar-refractivity contribution in [1.29, 1.82) is 0 Å². The van der Waals surface area contributed by atoms with Crippen molar-refractivity contribution < 1.29 is 9.53 Å². The van der Waals surface area contributed by atoms with Crippen LogP contribution in [0, 0.1) is 13.8 Å². The second kappa shape index (κ2) is 7.00. The summed E-state index contributed by atoms with van der Waals surface area (Å²) in [5.41, 5.74) is 6.62. The first-order valence-corrected chi connectivity index (χ1v) is 7.71. The second-order valence-corrected chi connectivity index (χ2v) is 5.69. The van der Waals surface area contributed by atoms with Gasteiger partial charge in [0.1, 0.15) is 5.75 Å². The Morgan fingerprint density at radius 3 is 2.75 bits per heavy atom. The summed E-state index contributed by atoms with van der Waals surface area (Å²) in [6, 6.07) is 13.8. The van der Waals surface area contributed by atoms with Gasteiger partial charge in [0, 0.05) is 22.7 Å². The lowest BCUT2D eigenvalue weighted by Gasteiger charge is -2.07. The minimum atomic E-state index is -0.301. The average molecular weight is 321 g/mol. The highest BCUT2D eigenvalue weighted by Crippen LogP contribution is 2.16. The van der Waals surface area contributed by atoms with Crippen molar-refractivity contribution >= 4 is 23.0 Å². The molecule has 1 aromatic heterocycles. The molecule has 0 spiro atoms. The van der Waals surface area contributed by atoms with Crippen LogP contribution < -0.4 is 10.2 Å². The number of hydrazone groups is 1. The highest BCUT2D eigenvalue weighted by atomic mass is 16.5. The van der Waals surface area contributed by atoms with E-state index in [2.05, 4.69) is 21.6 Å². The van der Waals surface area contributed by atoms with E-state index < -0.39 is 0 Å². The smallest absolute Gasteiger partial charge is 0.277 e. The van der Waals surface area contributed by atoms with Gasteiger partial charge in [0.15, 0.2) is 6.61 Å². The summed E-state index contributed by atoms with van der Waals surface area (Å²) in [7, 11) is 0. The second-order valence-electron chi connectivity index (χ2n) is 5.69. The lowest BCUT2D eigenvalue weighted by atomic mass is 10.1. The molecule has 0 saturated heterocycles. The lowest BCUT2D eigenvalue weighted by molar-refractivity contribution is -0.123. The number of hydrogen-bond donors (Lipinski definition) is 2. The van der Waals surface area contributed by atoms with Crippen molar-refractivity contribution in [3.05, 3.63) is 65.4 Å². The summed E-state index contributed by atoms with van der Waals surface area (Å²) in [4.78, 5) is 15.0. The summed E-state index contributed by atoms with van der Waals surface area (Å²) in [5, 5.41) is 5.04. The van der Waals surface area contributed by atoms with Gasteiger partial charge in [-0.3, -0.25) is 4.79 Å². The van der Waals surface area contributed by atoms with Gasteiger partial charge in [-0.15, -0.1) is 0 Å². The summed E-state index contributed by atoms with van der Waals surface area (Å²) in [6.45, 7) is 3.91. The average Bonchev–Trinajstić information content (AvgIpc) is 2.96. The molecule has 24 heavy (non-hydrogen) atoms. The van der Waals surface area contributed by atoms with Crippen LogP contribution in [0.4, 0.5) is 0 Å². The third kappa shape index (κ3) is 3.81. The number of aromatic nitrogens is 1. The van der Waals surface area contributed by atoms with Crippen LogP contribution in [0.1, 0.15) is 16.7 Å². The molecular weight excluding hydrogens is 302 g/mol. The molecule has 1 heterocycles. The molecule has 2 N–H and O–H groups in total. The zero-order chi connectivity index (χ0) is 16.9. The van der Waals surface area contributed by atoms with Crippen LogP contribution >= 0.6 is 0 Å². The van der Waals surface area contributed by atoms with Gasteiger partial charge in [0.25, 0.3) is 5.91 Å². The number of nitrogens with one attached hydrogen (secondary N) is 2. The summed E-state index contributed by atoms with van der Waals surface area (Å²) >= 11 is 0. The third-order valence-electron chi connectivity index (χ3n) is 3.58. The number of para-hydroxylation sites is 1. The summed E-state index contributed by atoms with van der Waals surface area (Å²) < 4.78 is 5.50. The first-order chi connectivity index (χ1) is 11.6. The Bertz CT molecular complexity index is 876. The maximum Gasteiger partial charge on any atom is 0.277 e. The maximum absolute atomic E-state index is 11.8. The van der Waals surface area contributed by atoms with Gasteiger partial charge in [-0.05, 0) is 43.2 Å². The number of H-pyrrole nitrogens is 1. The highest BCUT2D eigenvalue weighted by molar-refractivity contribution is 5.99. The highest BCUT2D eigenvalue weighted by Gasteiger charge is 2.03. The number of ether oxygens (including phenoxy) is 1. The van der Waals surface area contributed by atoms with E-state index in [0.29, 0.717) is 5.75 Å². The van der Waals surface area contributed by atoms with Gasteiger partial charge in [0.2, 0.25) is 0 Å². The van der Waals surface area contributed by atoms with E-state index in [0.717, 1.165) is 27.6 Å². The molecule has 3 rings (SSSR count). The molecular formula is C19H19N3O2. The van der Waals surface area contributed by atoms with E-state index in [1.807, 2.05) is 56.4 Å². The molecule has 3 aromatic rings. The molecule has 0 bridgehead atoms. The monoisotopic (exact) mass is 321 g/mol. The van der Waals surface area contributed by atoms with E-state index in [9.17, 15) is 4.79 Å². The fraction of sp³-hybridized carbons (Fsp3) is 0.158. The van der Waals surface area contributed by atoms with Gasteiger partial charge < -0.3 is 9.72 Å². The molecule has 2 aromatic carbocycles. The SMILES string of the molecule is Cc1cc(C)cc(OCC(=O)NN=Cc2c[nH]c3ccccc23)c1. The molecule has 0 aliphatic rings. The molecule has 0 unspecified atom stereocenters. The molecule has 1 amide bonds. The quantitative estimate of drug-likeness (QED) is 0.559. The van der Waals surface area contributed by atoms with Gasteiger partial charge in [0.05, 0.1) is 6.21 Å². The van der Waals surface area contributed by atoms with E-state index in [-0.39, 0.29) is 12.5 Å². The van der Waals surface area contributed by atoms with Crippen LogP contribution in [0.25, 0.3) is 10.9 Å². The first kappa shape index (κ1) is 15.8. The number of aromatic amines is 1. The molecule has 122 valence electrons. The Balaban J connectivity index is 1.55. The van der Waals surface area contributed by atoms with Crippen LogP contribution in [-0.4, -0.2) is 23.7 Å². The summed E-state index contributed by atoms with van der Waals surface area (Å²) in [5.74, 6) is 0.383. The van der Waals surface area contributed by atoms with Crippen LogP contribution in [0.15, 0.2) is 53.8 Å². The van der Waals surface area contributed by atoms with Crippen LogP contribution in [0.5, 0.6) is 5.75 Å². The third-order valence-corrected chi connectivity index (χ3v) is 3.58. The minimum absolute atomic E-state index is 0.0753. The zero-order valence-corrected chi connectivity index (χ0v) is 13.7. The van der Waals surface area contributed by atoms with Gasteiger partial charge in [-0.25, -0.2) is 5.43 Å². The fourth-order valence-corrected chi connectivity index (χ4v) is 2.57. The molecule has 0 radical (unpaired) electrons. The van der Waals surface area contributed by atoms with Crippen molar-refractivity contribution in [1.82, 2.24) is 10.4 Å². The largest absolute Gasteiger partial charge is 0.484 e. The zero-order valence-electron chi connectivity index (χ0n) is 13.7. The number of amides is 1. The van der Waals surface area contributed by atoms with Crippen LogP contribution in [0.3, 0.4) is 0 Å². The Labute approximate surface area is 140 Å². The van der Waals surface area contributed by atoms with Crippen LogP contribution in [-0.2, 0) is 4.79 Å². The number of benzene rings is 2. The van der Waals surface area contributed by atoms with E-state index in [1.54, 1.807) is 6.21 Å². The van der Waals surface area contributed by atoms with Gasteiger partial charge in [-0.1, -0.05) is 24.3 Å². The van der Waals surface area contributed by atoms with Gasteiger partial charge in [-0.2, -0.15) is 5.10 Å². The standard InChI is InChI=1S/C19H19N3O2/c1-13-7-14(2)9-16(8-13)24-12-19(23)22-21-11-15-10-20-18-6-4-3-5-17(15)18/h3-11,20H,12H2,1-2H3,(H,22,23). The predicted octanol–water partition coefficient (Wildman–Crippen LogP) is 3.31. The Morgan fingerprint density at radius 1 is 1.21 bits per heavy atom. The minimum Gasteiger partial charge on any atom is -0.484 e. The van der Waals surface area contributed by atoms with E-state index in [4.69, 9.17) is 4.74 Å². The molecule has 0 aliphatic carbocycles. The number of rotatable bonds is 5. The molecule has 0 aliphatic heterocycles. The molecule has 5 heteroatoms.